The van der Waals surface area contributed by atoms with Gasteiger partial charge in [0.2, 0.25) is 11.8 Å². The maximum Gasteiger partial charge on any atom is 0.230 e. The van der Waals surface area contributed by atoms with Gasteiger partial charge < -0.3 is 9.80 Å². The summed E-state index contributed by atoms with van der Waals surface area (Å²) in [6.07, 6.45) is 7.03. The predicted octanol–water partition coefficient (Wildman–Crippen LogP) is 1.90. The number of nitrogens with zero attached hydrogens (tertiary/aromatic N) is 4. The Balaban J connectivity index is 1.59. The molecule has 2 aliphatic heterocycles. The second kappa shape index (κ2) is 7.93. The van der Waals surface area contributed by atoms with Crippen molar-refractivity contribution in [3.63, 3.8) is 0 Å². The summed E-state index contributed by atoms with van der Waals surface area (Å²) < 4.78 is 0. The normalized spacial score (nSPS) is 23.7. The van der Waals surface area contributed by atoms with Crippen LogP contribution < -0.4 is 0 Å². The lowest BCUT2D eigenvalue weighted by atomic mass is 9.83. The van der Waals surface area contributed by atoms with Crippen LogP contribution in [0, 0.1) is 11.8 Å². The van der Waals surface area contributed by atoms with Gasteiger partial charge in [0.05, 0.1) is 6.42 Å². The van der Waals surface area contributed by atoms with Gasteiger partial charge >= 0.3 is 0 Å². The Kier molecular flexibility index (Phi) is 5.66. The van der Waals surface area contributed by atoms with E-state index in [1.54, 1.807) is 18.5 Å². The molecule has 0 radical (unpaired) electrons. The number of rotatable bonds is 5. The standard InChI is InChI=1S/C19H28N4O2/c1-14(2)6-11-23-16-7-10-22(13-15(16)4-5-18(23)24)19(25)12-17-20-8-3-9-21-17/h3,8-9,14-16H,4-7,10-13H2,1-2H3/t15-,16+/m0/s1. The zero-order valence-electron chi connectivity index (χ0n) is 15.2. The molecule has 2 saturated heterocycles. The van der Waals surface area contributed by atoms with Crippen molar-refractivity contribution < 1.29 is 9.59 Å². The molecule has 0 N–H and O–H groups in total. The van der Waals surface area contributed by atoms with Crippen LogP contribution in [-0.4, -0.2) is 57.3 Å². The van der Waals surface area contributed by atoms with Crippen LogP contribution in [0.3, 0.4) is 0 Å². The second-order valence-electron chi connectivity index (χ2n) is 7.61. The summed E-state index contributed by atoms with van der Waals surface area (Å²) in [4.78, 5) is 37.2. The molecule has 25 heavy (non-hydrogen) atoms. The Morgan fingerprint density at radius 2 is 2.04 bits per heavy atom. The summed E-state index contributed by atoms with van der Waals surface area (Å²) in [5.41, 5.74) is 0. The summed E-state index contributed by atoms with van der Waals surface area (Å²) in [5, 5.41) is 0. The first-order valence-electron chi connectivity index (χ1n) is 9.37. The quantitative estimate of drug-likeness (QED) is 0.818. The second-order valence-corrected chi connectivity index (χ2v) is 7.61. The molecule has 0 unspecified atom stereocenters. The molecule has 2 amide bonds. The average Bonchev–Trinajstić information content (AvgIpc) is 2.61. The highest BCUT2D eigenvalue weighted by atomic mass is 16.2. The van der Waals surface area contributed by atoms with Gasteiger partial charge in [-0.05, 0) is 37.2 Å². The minimum absolute atomic E-state index is 0.0929. The number of hydrogen-bond acceptors (Lipinski definition) is 4. The van der Waals surface area contributed by atoms with Crippen LogP contribution in [0.15, 0.2) is 18.5 Å². The molecule has 0 aliphatic carbocycles. The van der Waals surface area contributed by atoms with Crippen LogP contribution in [0.2, 0.25) is 0 Å². The molecule has 136 valence electrons. The number of aromatic nitrogens is 2. The van der Waals surface area contributed by atoms with E-state index in [9.17, 15) is 9.59 Å². The Bertz CT molecular complexity index is 605. The van der Waals surface area contributed by atoms with Gasteiger partial charge in [-0.2, -0.15) is 0 Å². The van der Waals surface area contributed by atoms with Gasteiger partial charge in [0.25, 0.3) is 0 Å². The third-order valence-electron chi connectivity index (χ3n) is 5.37. The number of fused-ring (bicyclic) bond motifs is 1. The minimum Gasteiger partial charge on any atom is -0.342 e. The molecule has 2 aliphatic rings. The Hall–Kier alpha value is -1.98. The topological polar surface area (TPSA) is 66.4 Å². The van der Waals surface area contributed by atoms with E-state index in [2.05, 4.69) is 28.7 Å². The third kappa shape index (κ3) is 4.35. The third-order valence-corrected chi connectivity index (χ3v) is 5.37. The van der Waals surface area contributed by atoms with Crippen molar-refractivity contribution in [1.29, 1.82) is 0 Å². The van der Waals surface area contributed by atoms with Gasteiger partial charge in [-0.25, -0.2) is 9.97 Å². The van der Waals surface area contributed by atoms with E-state index in [1.807, 2.05) is 4.90 Å². The fourth-order valence-electron chi connectivity index (χ4n) is 3.93. The predicted molar refractivity (Wildman–Crippen MR) is 94.6 cm³/mol. The van der Waals surface area contributed by atoms with Crippen molar-refractivity contribution in [3.05, 3.63) is 24.3 Å². The Morgan fingerprint density at radius 1 is 1.28 bits per heavy atom. The van der Waals surface area contributed by atoms with Crippen LogP contribution in [0.5, 0.6) is 0 Å². The zero-order valence-corrected chi connectivity index (χ0v) is 15.2. The van der Waals surface area contributed by atoms with E-state index >= 15 is 0 Å². The lowest BCUT2D eigenvalue weighted by Gasteiger charge is -2.47. The Labute approximate surface area is 149 Å². The summed E-state index contributed by atoms with van der Waals surface area (Å²) in [7, 11) is 0. The lowest BCUT2D eigenvalue weighted by Crippen LogP contribution is -2.57. The number of piperidine rings is 2. The zero-order chi connectivity index (χ0) is 17.8. The SMILES string of the molecule is CC(C)CCN1C(=O)CC[C@H]2CN(C(=O)Cc3ncccn3)CC[C@H]21. The van der Waals surface area contributed by atoms with E-state index in [-0.39, 0.29) is 12.3 Å². The van der Waals surface area contributed by atoms with Crippen molar-refractivity contribution in [3.8, 4) is 0 Å². The van der Waals surface area contributed by atoms with Crippen LogP contribution >= 0.6 is 0 Å². The van der Waals surface area contributed by atoms with Crippen molar-refractivity contribution in [2.24, 2.45) is 11.8 Å². The molecule has 0 bridgehead atoms. The summed E-state index contributed by atoms with van der Waals surface area (Å²) >= 11 is 0. The van der Waals surface area contributed by atoms with Crippen molar-refractivity contribution in [1.82, 2.24) is 19.8 Å². The Morgan fingerprint density at radius 3 is 2.76 bits per heavy atom. The van der Waals surface area contributed by atoms with Gasteiger partial charge in [-0.15, -0.1) is 0 Å². The monoisotopic (exact) mass is 344 g/mol. The molecule has 6 nitrogen and oxygen atoms in total. The van der Waals surface area contributed by atoms with Crippen LogP contribution in [0.25, 0.3) is 0 Å². The van der Waals surface area contributed by atoms with E-state index in [0.29, 0.717) is 36.0 Å². The molecule has 3 rings (SSSR count). The van der Waals surface area contributed by atoms with Crippen LogP contribution in [0.1, 0.15) is 45.4 Å². The average molecular weight is 344 g/mol. The van der Waals surface area contributed by atoms with Gasteiger partial charge in [-0.3, -0.25) is 9.59 Å². The maximum absolute atomic E-state index is 12.6. The van der Waals surface area contributed by atoms with Gasteiger partial charge in [0.15, 0.2) is 0 Å². The van der Waals surface area contributed by atoms with Gasteiger partial charge in [-0.1, -0.05) is 13.8 Å². The molecule has 1 aromatic rings. The van der Waals surface area contributed by atoms with Gasteiger partial charge in [0.1, 0.15) is 5.82 Å². The molecule has 3 heterocycles. The minimum atomic E-state index is 0.0929. The van der Waals surface area contributed by atoms with E-state index in [4.69, 9.17) is 0 Å². The number of hydrogen-bond donors (Lipinski definition) is 0. The first-order valence-corrected chi connectivity index (χ1v) is 9.37. The highest BCUT2D eigenvalue weighted by Crippen LogP contribution is 2.32. The lowest BCUT2D eigenvalue weighted by molar-refractivity contribution is -0.144. The smallest absolute Gasteiger partial charge is 0.230 e. The van der Waals surface area contributed by atoms with Crippen molar-refractivity contribution in [2.45, 2.75) is 52.0 Å². The summed E-state index contributed by atoms with van der Waals surface area (Å²) in [6.45, 7) is 6.71. The fraction of sp³-hybridized carbons (Fsp3) is 0.684. The largest absolute Gasteiger partial charge is 0.342 e. The van der Waals surface area contributed by atoms with E-state index < -0.39 is 0 Å². The maximum atomic E-state index is 12.6. The number of likely N-dealkylation sites (tertiary alicyclic amines) is 2. The molecular weight excluding hydrogens is 316 g/mol. The molecular formula is C19H28N4O2. The first kappa shape index (κ1) is 17.8. The highest BCUT2D eigenvalue weighted by molar-refractivity contribution is 5.79. The van der Waals surface area contributed by atoms with E-state index in [0.717, 1.165) is 38.9 Å². The van der Waals surface area contributed by atoms with E-state index in [1.165, 1.54) is 0 Å². The number of carbonyl (C=O) groups excluding carboxylic acids is 2. The molecule has 2 fully saturated rings. The number of carbonyl (C=O) groups is 2. The molecule has 0 aromatic carbocycles. The summed E-state index contributed by atoms with van der Waals surface area (Å²) in [6, 6.07) is 2.06. The van der Waals surface area contributed by atoms with Crippen molar-refractivity contribution in [2.75, 3.05) is 19.6 Å². The molecule has 2 atom stereocenters. The first-order chi connectivity index (χ1) is 12.0. The number of amides is 2. The van der Waals surface area contributed by atoms with Crippen molar-refractivity contribution >= 4 is 11.8 Å². The fourth-order valence-corrected chi connectivity index (χ4v) is 3.93. The highest BCUT2D eigenvalue weighted by Gasteiger charge is 2.40. The molecule has 0 saturated carbocycles. The molecule has 0 spiro atoms. The molecule has 6 heteroatoms. The van der Waals surface area contributed by atoms with Crippen LogP contribution in [-0.2, 0) is 16.0 Å². The van der Waals surface area contributed by atoms with Crippen LogP contribution in [0.4, 0.5) is 0 Å². The summed E-state index contributed by atoms with van der Waals surface area (Å²) in [5.74, 6) is 1.96. The molecule has 1 aromatic heterocycles. The van der Waals surface area contributed by atoms with Gasteiger partial charge in [0, 0.05) is 44.5 Å².